The van der Waals surface area contributed by atoms with Crippen molar-refractivity contribution in [3.63, 3.8) is 0 Å². The van der Waals surface area contributed by atoms with Crippen LogP contribution in [0.15, 0.2) is 42.5 Å². The second kappa shape index (κ2) is 8.22. The maximum atomic E-state index is 12.0. The van der Waals surface area contributed by atoms with Crippen LogP contribution in [0.5, 0.6) is 5.75 Å². The zero-order valence-electron chi connectivity index (χ0n) is 12.8. The number of aromatic nitrogens is 1. The van der Waals surface area contributed by atoms with E-state index < -0.39 is 6.61 Å². The van der Waals surface area contributed by atoms with Gasteiger partial charge >= 0.3 is 6.61 Å². The van der Waals surface area contributed by atoms with Crippen LogP contribution in [-0.2, 0) is 17.8 Å². The third-order valence-electron chi connectivity index (χ3n) is 3.20. The molecule has 0 spiro atoms. The van der Waals surface area contributed by atoms with E-state index in [-0.39, 0.29) is 11.7 Å². The molecule has 0 unspecified atom stereocenters. The Morgan fingerprint density at radius 3 is 2.61 bits per heavy atom. The quantitative estimate of drug-likeness (QED) is 0.852. The molecule has 1 aromatic carbocycles. The summed E-state index contributed by atoms with van der Waals surface area (Å²) < 4.78 is 28.4. The highest BCUT2D eigenvalue weighted by Crippen LogP contribution is 2.15. The van der Waals surface area contributed by atoms with Crippen molar-refractivity contribution in [3.8, 4) is 5.75 Å². The predicted molar refractivity (Wildman–Crippen MR) is 82.2 cm³/mol. The lowest BCUT2D eigenvalue weighted by atomic mass is 10.1. The Kier molecular flexibility index (Phi) is 6.02. The van der Waals surface area contributed by atoms with Crippen molar-refractivity contribution in [2.45, 2.75) is 32.9 Å². The lowest BCUT2D eigenvalue weighted by Crippen LogP contribution is -2.23. The number of hydrogen-bond acceptors (Lipinski definition) is 3. The number of ether oxygens (including phenoxy) is 1. The monoisotopic (exact) mass is 320 g/mol. The second-order valence-corrected chi connectivity index (χ2v) is 5.07. The van der Waals surface area contributed by atoms with E-state index in [9.17, 15) is 13.6 Å². The first-order chi connectivity index (χ1) is 11.0. The number of rotatable bonds is 7. The molecule has 0 bridgehead atoms. The Bertz CT molecular complexity index is 645. The fourth-order valence-electron chi connectivity index (χ4n) is 2.07. The van der Waals surface area contributed by atoms with E-state index >= 15 is 0 Å². The van der Waals surface area contributed by atoms with Gasteiger partial charge in [-0.05, 0) is 43.2 Å². The number of hydrogen-bond donors (Lipinski definition) is 1. The molecule has 0 aliphatic heterocycles. The van der Waals surface area contributed by atoms with E-state index in [1.807, 2.05) is 25.1 Å². The van der Waals surface area contributed by atoms with Gasteiger partial charge in [-0.1, -0.05) is 18.2 Å². The van der Waals surface area contributed by atoms with Gasteiger partial charge in [0.15, 0.2) is 0 Å². The Balaban J connectivity index is 1.75. The molecule has 23 heavy (non-hydrogen) atoms. The normalized spacial score (nSPS) is 10.6. The van der Waals surface area contributed by atoms with E-state index in [1.165, 1.54) is 12.1 Å². The number of carbonyl (C=O) groups is 1. The molecule has 0 atom stereocenters. The lowest BCUT2D eigenvalue weighted by Gasteiger charge is -2.07. The van der Waals surface area contributed by atoms with Gasteiger partial charge in [-0.2, -0.15) is 8.78 Å². The molecule has 0 aliphatic carbocycles. The zero-order chi connectivity index (χ0) is 16.7. The summed E-state index contributed by atoms with van der Waals surface area (Å²) in [6.07, 6.45) is 0.850. The predicted octanol–water partition coefficient (Wildman–Crippen LogP) is 3.24. The van der Waals surface area contributed by atoms with E-state index in [2.05, 4.69) is 15.0 Å². The molecule has 0 fully saturated rings. The summed E-state index contributed by atoms with van der Waals surface area (Å²) in [5, 5.41) is 2.81. The Hall–Kier alpha value is -2.50. The van der Waals surface area contributed by atoms with Gasteiger partial charge in [0.1, 0.15) is 5.75 Å². The van der Waals surface area contributed by atoms with Gasteiger partial charge in [0.05, 0.1) is 12.2 Å². The van der Waals surface area contributed by atoms with Crippen LogP contribution in [0, 0.1) is 6.92 Å². The first-order valence-corrected chi connectivity index (χ1v) is 7.26. The van der Waals surface area contributed by atoms with Crippen LogP contribution in [0.1, 0.15) is 23.4 Å². The van der Waals surface area contributed by atoms with Crippen molar-refractivity contribution >= 4 is 5.91 Å². The Morgan fingerprint density at radius 1 is 1.22 bits per heavy atom. The van der Waals surface area contributed by atoms with Gasteiger partial charge in [0.2, 0.25) is 5.91 Å². The summed E-state index contributed by atoms with van der Waals surface area (Å²) in [5.74, 6) is 0.0277. The van der Waals surface area contributed by atoms with Gasteiger partial charge in [-0.15, -0.1) is 0 Å². The van der Waals surface area contributed by atoms with E-state index in [0.29, 0.717) is 19.4 Å². The molecule has 0 saturated carbocycles. The van der Waals surface area contributed by atoms with E-state index in [1.54, 1.807) is 12.1 Å². The number of carbonyl (C=O) groups excluding carboxylic acids is 1. The second-order valence-electron chi connectivity index (χ2n) is 5.07. The highest BCUT2D eigenvalue weighted by molar-refractivity contribution is 5.76. The number of benzene rings is 1. The van der Waals surface area contributed by atoms with Crippen molar-refractivity contribution in [1.82, 2.24) is 10.3 Å². The number of aryl methyl sites for hydroxylation is 2. The standard InChI is InChI=1S/C17H18F2N2O2/c1-12-3-2-4-14(21-12)11-20-16(22)10-7-13-5-8-15(9-6-13)23-17(18)19/h2-6,8-9,17H,7,10-11H2,1H3,(H,20,22). The summed E-state index contributed by atoms with van der Waals surface area (Å²) in [7, 11) is 0. The topological polar surface area (TPSA) is 51.2 Å². The minimum atomic E-state index is -2.83. The Labute approximate surface area is 133 Å². The van der Waals surface area contributed by atoms with Gasteiger partial charge < -0.3 is 10.1 Å². The van der Waals surface area contributed by atoms with E-state index in [4.69, 9.17) is 0 Å². The molecule has 2 aromatic rings. The molecule has 1 heterocycles. The number of pyridine rings is 1. The minimum Gasteiger partial charge on any atom is -0.435 e. The summed E-state index contributed by atoms with van der Waals surface area (Å²) in [5.41, 5.74) is 2.60. The molecule has 122 valence electrons. The maximum absolute atomic E-state index is 12.0. The molecular weight excluding hydrogens is 302 g/mol. The number of amides is 1. The van der Waals surface area contributed by atoms with Gasteiger partial charge in [-0.3, -0.25) is 9.78 Å². The van der Waals surface area contributed by atoms with Crippen LogP contribution < -0.4 is 10.1 Å². The van der Waals surface area contributed by atoms with Gasteiger partial charge in [-0.25, -0.2) is 0 Å². The van der Waals surface area contributed by atoms with E-state index in [0.717, 1.165) is 17.0 Å². The van der Waals surface area contributed by atoms with Crippen molar-refractivity contribution < 1.29 is 18.3 Å². The van der Waals surface area contributed by atoms with Crippen molar-refractivity contribution in [3.05, 3.63) is 59.4 Å². The molecule has 0 radical (unpaired) electrons. The number of nitrogens with one attached hydrogen (secondary N) is 1. The summed E-state index contributed by atoms with van der Waals surface area (Å²) in [6.45, 7) is -0.545. The number of halogens is 2. The molecular formula is C17H18F2N2O2. The third-order valence-corrected chi connectivity index (χ3v) is 3.20. The van der Waals surface area contributed by atoms with Crippen molar-refractivity contribution in [1.29, 1.82) is 0 Å². The van der Waals surface area contributed by atoms with Crippen LogP contribution in [0.3, 0.4) is 0 Å². The van der Waals surface area contributed by atoms with Gasteiger partial charge in [0, 0.05) is 12.1 Å². The number of alkyl halides is 2. The molecule has 1 amide bonds. The van der Waals surface area contributed by atoms with Crippen LogP contribution >= 0.6 is 0 Å². The third kappa shape index (κ3) is 6.02. The highest BCUT2D eigenvalue weighted by Gasteiger charge is 2.06. The largest absolute Gasteiger partial charge is 0.435 e. The summed E-state index contributed by atoms with van der Waals surface area (Å²) in [4.78, 5) is 16.1. The highest BCUT2D eigenvalue weighted by atomic mass is 19.3. The molecule has 2 rings (SSSR count). The lowest BCUT2D eigenvalue weighted by molar-refractivity contribution is -0.121. The SMILES string of the molecule is Cc1cccc(CNC(=O)CCc2ccc(OC(F)F)cc2)n1. The number of nitrogens with zero attached hydrogens (tertiary/aromatic N) is 1. The Morgan fingerprint density at radius 2 is 1.96 bits per heavy atom. The first kappa shape index (κ1) is 16.9. The molecule has 1 N–H and O–H groups in total. The fourth-order valence-corrected chi connectivity index (χ4v) is 2.07. The summed E-state index contributed by atoms with van der Waals surface area (Å²) >= 11 is 0. The van der Waals surface area contributed by atoms with Crippen LogP contribution in [0.25, 0.3) is 0 Å². The molecule has 0 aliphatic rings. The van der Waals surface area contributed by atoms with Crippen molar-refractivity contribution in [2.75, 3.05) is 0 Å². The maximum Gasteiger partial charge on any atom is 0.387 e. The first-order valence-electron chi connectivity index (χ1n) is 7.26. The average Bonchev–Trinajstić information content (AvgIpc) is 2.52. The smallest absolute Gasteiger partial charge is 0.387 e. The van der Waals surface area contributed by atoms with Crippen molar-refractivity contribution in [2.24, 2.45) is 0 Å². The fraction of sp³-hybridized carbons (Fsp3) is 0.294. The zero-order valence-corrected chi connectivity index (χ0v) is 12.8. The van der Waals surface area contributed by atoms with Crippen LogP contribution in [0.2, 0.25) is 0 Å². The van der Waals surface area contributed by atoms with Crippen LogP contribution in [-0.4, -0.2) is 17.5 Å². The summed E-state index contributed by atoms with van der Waals surface area (Å²) in [6, 6.07) is 11.9. The minimum absolute atomic E-state index is 0.0822. The molecule has 1 aromatic heterocycles. The van der Waals surface area contributed by atoms with Crippen LogP contribution in [0.4, 0.5) is 8.78 Å². The molecule has 4 nitrogen and oxygen atoms in total. The molecule has 0 saturated heterocycles. The molecule has 6 heteroatoms. The average molecular weight is 320 g/mol. The van der Waals surface area contributed by atoms with Gasteiger partial charge in [0.25, 0.3) is 0 Å².